The Morgan fingerprint density at radius 2 is 0.484 bits per heavy atom. The Bertz CT molecular complexity index is 4900. The first-order valence-corrected chi connectivity index (χ1v) is 37.9. The van der Waals surface area contributed by atoms with Crippen LogP contribution in [0.15, 0.2) is 395 Å². The summed E-state index contributed by atoms with van der Waals surface area (Å²) < 4.78 is 0. The second-order valence-corrected chi connectivity index (χ2v) is 26.1. The summed E-state index contributed by atoms with van der Waals surface area (Å²) in [5.41, 5.74) is 22.1. The van der Waals surface area contributed by atoms with Gasteiger partial charge in [0, 0.05) is 31.0 Å². The molecule has 0 amide bonds. The van der Waals surface area contributed by atoms with Gasteiger partial charge in [-0.3, -0.25) is 49.8 Å². The molecule has 12 aromatic heterocycles. The van der Waals surface area contributed by atoms with E-state index >= 15 is 0 Å². The van der Waals surface area contributed by atoms with E-state index < -0.39 is 0 Å². The molecule has 622 valence electrons. The van der Waals surface area contributed by atoms with Crippen molar-refractivity contribution in [3.63, 3.8) is 0 Å². The van der Waals surface area contributed by atoms with Crippen LogP contribution in [0.3, 0.4) is 0 Å². The average molecular weight is 1850 g/mol. The van der Waals surface area contributed by atoms with Crippen LogP contribution < -0.4 is 0 Å². The first-order valence-electron chi connectivity index (χ1n) is 37.5. The fourth-order valence-electron chi connectivity index (χ4n) is 10.8. The number of aromatic nitrogens is 12. The van der Waals surface area contributed by atoms with Gasteiger partial charge in [0.05, 0.1) is 56.9 Å². The number of hydrogen-bond donors (Lipinski definition) is 0. The summed E-state index contributed by atoms with van der Waals surface area (Å²) >= 11 is 3.70. The summed E-state index contributed by atoms with van der Waals surface area (Å²) in [4.78, 5) is 52.5. The van der Waals surface area contributed by atoms with Gasteiger partial charge in [-0.15, -0.1) is 179 Å². The van der Waals surface area contributed by atoms with Gasteiger partial charge in [0.15, 0.2) is 0 Å². The van der Waals surface area contributed by atoms with Crippen molar-refractivity contribution < 1.29 is 82.5 Å². The third-order valence-corrected chi connectivity index (χ3v) is 16.3. The SMILES string of the molecule is CC(C)(C)c1cc[c-]cc1.Cc1c[c-]cc(C)n1.[C-]#N.[N-]=C=S.[Ni+2].[Ni+2].[Ni+2].[Ni+2].[Ni+2].[c-]1ccccc1-c1cccc(-c2ccccn2)n1.[c-]1ccccc1-c1cccc(-c2ccccn2)n1.[c-]1ccccc1-c1cccc(-c2ccccn2)n1.[c-]1ccccc1-c1cccc(-c2ccccn2)n1.[c-]1ccccc1-c1cccc(-c2ccccn2)n1.[c-]1ccncc1. The maximum atomic E-state index is 7.13. The van der Waals surface area contributed by atoms with Crippen LogP contribution in [-0.2, 0) is 87.9 Å². The van der Waals surface area contributed by atoms with E-state index in [0.717, 1.165) is 125 Å². The number of rotatable bonds is 10. The van der Waals surface area contributed by atoms with Crippen LogP contribution in [0.25, 0.3) is 119 Å². The topological polar surface area (TPSA) is 201 Å². The first-order chi connectivity index (χ1) is 58.5. The predicted octanol–water partition coefficient (Wildman–Crippen LogP) is 24.0. The monoisotopic (exact) mass is 1850 g/mol. The summed E-state index contributed by atoms with van der Waals surface area (Å²) in [6, 6.07) is 138. The molecule has 0 atom stereocenters. The average Bonchev–Trinajstić information content (AvgIpc) is 0.865. The van der Waals surface area contributed by atoms with Crippen LogP contribution in [-0.4, -0.2) is 65.0 Å². The van der Waals surface area contributed by atoms with Gasteiger partial charge in [-0.05, 0) is 125 Å². The zero-order valence-electron chi connectivity index (χ0n) is 67.8. The fourth-order valence-corrected chi connectivity index (χ4v) is 10.8. The molecule has 0 bridgehead atoms. The van der Waals surface area contributed by atoms with E-state index in [0.29, 0.717) is 0 Å². The maximum absolute atomic E-state index is 7.13. The third-order valence-electron chi connectivity index (χ3n) is 16.3. The zero-order valence-corrected chi connectivity index (χ0v) is 73.5. The Hall–Kier alpha value is -13.1. The molecule has 0 saturated carbocycles. The molecule has 18 rings (SSSR count). The second kappa shape index (κ2) is 59.6. The van der Waals surface area contributed by atoms with Crippen LogP contribution >= 0.6 is 12.2 Å². The van der Waals surface area contributed by atoms with Crippen LogP contribution in [0.1, 0.15) is 37.7 Å². The normalized spacial score (nSPS) is 9.41. The molecule has 12 heterocycles. The zero-order chi connectivity index (χ0) is 83.6. The predicted molar refractivity (Wildman–Crippen MR) is 479 cm³/mol. The number of benzene rings is 6. The van der Waals surface area contributed by atoms with Crippen LogP contribution in [0.4, 0.5) is 0 Å². The van der Waals surface area contributed by atoms with Crippen molar-refractivity contribution in [2.24, 2.45) is 0 Å². The van der Waals surface area contributed by atoms with Crippen LogP contribution in [0.2, 0.25) is 0 Å². The standard InChI is InChI=1S/5C16H11N2.C10H13.C7H8N.C5H4N.CNS.CN.5Ni/c5*1-2-7-13(8-3-1)14-10-6-11-16(18-14)15-9-4-5-12-17-15;1-10(2,3)9-7-5-4-6-8-9;1-6-4-3-5-7(2)8-6;1-2-4-6-5-3-1;2-1-3;1-2;;;;;/h5*1-7,9-12H;5-8H,1-3H3;4-5H,1-2H3;2-5H;;;;;;;/q10*-1;5*+2. The number of aryl methyl sites for hydroxylation is 2. The largest absolute Gasteiger partial charge is 2.00 e. The molecule has 14 nitrogen and oxygen atoms in total. The van der Waals surface area contributed by atoms with Crippen molar-refractivity contribution in [1.29, 1.82) is 5.26 Å². The molecule has 0 aliphatic carbocycles. The van der Waals surface area contributed by atoms with E-state index in [2.05, 4.69) is 153 Å². The smallest absolute Gasteiger partial charge is 0.753 e. The Morgan fingerprint density at radius 3 is 0.645 bits per heavy atom. The minimum atomic E-state index is 0. The van der Waals surface area contributed by atoms with E-state index in [-0.39, 0.29) is 87.9 Å². The summed E-state index contributed by atoms with van der Waals surface area (Å²) in [6.07, 6.45) is 12.3. The molecular weight excluding hydrogens is 1770 g/mol. The maximum Gasteiger partial charge on any atom is 2.00 e. The quantitative estimate of drug-likeness (QED) is 0.0542. The third kappa shape index (κ3) is 36.3. The fraction of sp³-hybridized carbons (Fsp3) is 0.0577. The van der Waals surface area contributed by atoms with E-state index in [9.17, 15) is 0 Å². The molecule has 0 fully saturated rings. The summed E-state index contributed by atoms with van der Waals surface area (Å²) in [7, 11) is 0. The van der Waals surface area contributed by atoms with Crippen molar-refractivity contribution >= 4 is 17.4 Å². The minimum Gasteiger partial charge on any atom is -0.753 e. The van der Waals surface area contributed by atoms with Crippen molar-refractivity contribution in [1.82, 2.24) is 59.8 Å². The van der Waals surface area contributed by atoms with Gasteiger partial charge in [0.25, 0.3) is 0 Å². The van der Waals surface area contributed by atoms with E-state index in [1.807, 2.05) is 341 Å². The number of thiocarbonyl (C=S) groups is 1. The van der Waals surface area contributed by atoms with Crippen molar-refractivity contribution in [3.05, 3.63) is 473 Å². The molecule has 0 N–H and O–H groups in total. The first kappa shape index (κ1) is 103. The summed E-state index contributed by atoms with van der Waals surface area (Å²) in [6.45, 7) is 15.3. The summed E-state index contributed by atoms with van der Waals surface area (Å²) in [5, 5.41) is 14.7. The molecule has 0 unspecified atom stereocenters. The van der Waals surface area contributed by atoms with Crippen molar-refractivity contribution in [2.45, 2.75) is 40.0 Å². The number of nitrogens with zero attached hydrogens (tertiary/aromatic N) is 14. The summed E-state index contributed by atoms with van der Waals surface area (Å²) in [5.74, 6) is 0. The van der Waals surface area contributed by atoms with Gasteiger partial charge in [0.2, 0.25) is 0 Å². The molecule has 124 heavy (non-hydrogen) atoms. The van der Waals surface area contributed by atoms with Crippen molar-refractivity contribution in [3.8, 4) is 113 Å². The number of hydrogen-bond acceptors (Lipinski definition) is 14. The van der Waals surface area contributed by atoms with Gasteiger partial charge < -0.3 is 27.2 Å². The molecule has 18 aromatic rings. The molecule has 20 heteroatoms. The van der Waals surface area contributed by atoms with Crippen molar-refractivity contribution in [2.75, 3.05) is 0 Å². The Labute approximate surface area is 784 Å². The Morgan fingerprint density at radius 1 is 0.266 bits per heavy atom. The van der Waals surface area contributed by atoms with Gasteiger partial charge in [-0.2, -0.15) is 77.5 Å². The Kier molecular flexibility index (Phi) is 49.6. The minimum absolute atomic E-state index is 0. The van der Waals surface area contributed by atoms with Gasteiger partial charge in [0.1, 0.15) is 0 Å². The van der Waals surface area contributed by atoms with E-state index in [1.165, 1.54) is 10.7 Å². The molecule has 0 aliphatic heterocycles. The molecule has 0 aliphatic rings. The van der Waals surface area contributed by atoms with Crippen LogP contribution in [0.5, 0.6) is 0 Å². The van der Waals surface area contributed by atoms with Crippen LogP contribution in [0, 0.1) is 74.2 Å². The molecule has 0 spiro atoms. The second-order valence-electron chi connectivity index (χ2n) is 25.9. The number of pyridine rings is 12. The molecule has 0 radical (unpaired) electrons. The van der Waals surface area contributed by atoms with E-state index in [1.54, 1.807) is 55.5 Å². The molecule has 0 saturated heterocycles. The van der Waals surface area contributed by atoms with Gasteiger partial charge >= 0.3 is 82.5 Å². The molecule has 6 aromatic carbocycles. The molecular formula is C104H80N14Ni5S. The van der Waals surface area contributed by atoms with E-state index in [4.69, 9.17) is 17.2 Å². The van der Waals surface area contributed by atoms with Gasteiger partial charge in [-0.25, -0.2) is 0 Å². The Balaban J connectivity index is 0.000000299. The number of isothiocyanates is 1. The van der Waals surface area contributed by atoms with Gasteiger partial charge in [-0.1, -0.05) is 162 Å².